The normalized spacial score (nSPS) is 13.9. The van der Waals surface area contributed by atoms with Crippen molar-refractivity contribution in [3.05, 3.63) is 11.1 Å². The summed E-state index contributed by atoms with van der Waals surface area (Å²) >= 11 is 0.821. The Kier molecular flexibility index (Phi) is 7.02. The third-order valence-corrected chi connectivity index (χ3v) is 3.60. The molecule has 2 N–H and O–H groups in total. The van der Waals surface area contributed by atoms with Crippen molar-refractivity contribution in [2.75, 3.05) is 4.72 Å². The minimum Gasteiger partial charge on any atom is -0.460 e. The highest BCUT2D eigenvalue weighted by Crippen LogP contribution is 2.17. The van der Waals surface area contributed by atoms with Crippen LogP contribution >= 0.6 is 11.3 Å². The lowest BCUT2D eigenvalue weighted by Crippen LogP contribution is -2.26. The summed E-state index contributed by atoms with van der Waals surface area (Å²) in [6.07, 6.45) is 0.747. The van der Waals surface area contributed by atoms with Crippen LogP contribution < -0.4 is 4.72 Å². The second kappa shape index (κ2) is 8.36. The molecule has 0 fully saturated rings. The Morgan fingerprint density at radius 2 is 2.16 bits per heavy atom. The number of rotatable bonds is 8. The molecule has 0 aliphatic carbocycles. The average molecular weight is 392 g/mol. The van der Waals surface area contributed by atoms with Gasteiger partial charge in [-0.1, -0.05) is 5.16 Å². The molecule has 1 heterocycles. The fourth-order valence-electron chi connectivity index (χ4n) is 1.46. The Labute approximate surface area is 149 Å². The summed E-state index contributed by atoms with van der Waals surface area (Å²) in [4.78, 5) is 31.4. The summed E-state index contributed by atoms with van der Waals surface area (Å²) in [5, 5.41) is 4.72. The van der Waals surface area contributed by atoms with Gasteiger partial charge in [0.05, 0.1) is 6.42 Å². The molecule has 1 rings (SSSR count). The van der Waals surface area contributed by atoms with E-state index in [1.165, 1.54) is 11.7 Å². The van der Waals surface area contributed by atoms with Gasteiger partial charge in [-0.15, -0.1) is 11.3 Å². The number of aromatic nitrogens is 1. The van der Waals surface area contributed by atoms with Gasteiger partial charge < -0.3 is 9.57 Å². The first-order valence-corrected chi connectivity index (χ1v) is 9.26. The molecule has 1 aromatic rings. The Balaban J connectivity index is 2.70. The van der Waals surface area contributed by atoms with Gasteiger partial charge in [0.25, 0.3) is 6.29 Å². The van der Waals surface area contributed by atoms with Gasteiger partial charge in [-0.05, 0) is 27.7 Å². The molecule has 1 unspecified atom stereocenters. The molecule has 1 aromatic heterocycles. The van der Waals surface area contributed by atoms with Gasteiger partial charge in [-0.3, -0.25) is 14.1 Å². The molecule has 0 aliphatic rings. The number of nitrogens with one attached hydrogen (secondary N) is 1. The predicted molar refractivity (Wildman–Crippen MR) is 90.5 cm³/mol. The maximum Gasteiger partial charge on any atom is 0.359 e. The van der Waals surface area contributed by atoms with Crippen LogP contribution in [-0.4, -0.2) is 47.6 Å². The summed E-state index contributed by atoms with van der Waals surface area (Å²) in [6, 6.07) is 0. The van der Waals surface area contributed by atoms with E-state index in [0.29, 0.717) is 0 Å². The molecule has 0 saturated carbocycles. The average Bonchev–Trinajstić information content (AvgIpc) is 2.83. The molecule has 10 nitrogen and oxygen atoms in total. The van der Waals surface area contributed by atoms with E-state index in [-0.39, 0.29) is 23.0 Å². The quantitative estimate of drug-likeness (QED) is 0.291. The number of ether oxygens (including phenoxy) is 1. The summed E-state index contributed by atoms with van der Waals surface area (Å²) in [6.45, 7) is 6.75. The highest BCUT2D eigenvalue weighted by atomic mass is 32.2. The number of esters is 1. The smallest absolute Gasteiger partial charge is 0.359 e. The third kappa shape index (κ3) is 8.56. The second-order valence-electron chi connectivity index (χ2n) is 5.86. The molecule has 0 bridgehead atoms. The maximum atomic E-state index is 11.7. The van der Waals surface area contributed by atoms with Crippen LogP contribution in [-0.2, 0) is 29.5 Å². The van der Waals surface area contributed by atoms with Gasteiger partial charge in [-0.25, -0.2) is 9.71 Å². The molecule has 12 heteroatoms. The number of thiazole rings is 1. The predicted octanol–water partition coefficient (Wildman–Crippen LogP) is 1.31. The van der Waals surface area contributed by atoms with Crippen LogP contribution in [0.1, 0.15) is 39.8 Å². The monoisotopic (exact) mass is 392 g/mol. The van der Waals surface area contributed by atoms with Crippen LogP contribution in [0.2, 0.25) is 0 Å². The number of carbonyl (C=O) groups is 1. The molecule has 139 valence electrons. The van der Waals surface area contributed by atoms with E-state index in [2.05, 4.69) is 10.1 Å². The van der Waals surface area contributed by atoms with E-state index < -0.39 is 28.0 Å². The highest BCUT2D eigenvalue weighted by molar-refractivity contribution is 7.87. The zero-order valence-corrected chi connectivity index (χ0v) is 15.6. The first-order chi connectivity index (χ1) is 11.4. The van der Waals surface area contributed by atoms with Crippen LogP contribution in [0.15, 0.2) is 10.5 Å². The number of anilines is 1. The van der Waals surface area contributed by atoms with Crippen molar-refractivity contribution in [1.82, 2.24) is 4.98 Å². The number of hydrogen-bond donors (Lipinski definition) is 2. The van der Waals surface area contributed by atoms with Crippen molar-refractivity contribution in [3.63, 3.8) is 0 Å². The van der Waals surface area contributed by atoms with Crippen molar-refractivity contribution >= 4 is 44.7 Å². The molecule has 25 heavy (non-hydrogen) atoms. The van der Waals surface area contributed by atoms with E-state index in [0.717, 1.165) is 11.3 Å². The molecule has 0 saturated heterocycles. The third-order valence-electron chi connectivity index (χ3n) is 2.26. The zero-order valence-electron chi connectivity index (χ0n) is 14.0. The second-order valence-corrected chi connectivity index (χ2v) is 7.88. The molecule has 0 aromatic carbocycles. The fourth-order valence-corrected chi connectivity index (χ4v) is 2.77. The van der Waals surface area contributed by atoms with Crippen molar-refractivity contribution in [3.8, 4) is 0 Å². The molecule has 0 amide bonds. The van der Waals surface area contributed by atoms with Crippen LogP contribution in [0.4, 0.5) is 5.13 Å². The van der Waals surface area contributed by atoms with Crippen LogP contribution in [0.5, 0.6) is 0 Å². The summed E-state index contributed by atoms with van der Waals surface area (Å²) in [5.41, 5.74) is -0.954. The zero-order chi connectivity index (χ0) is 19.3. The van der Waals surface area contributed by atoms with Crippen molar-refractivity contribution in [1.29, 1.82) is 0 Å². The van der Waals surface area contributed by atoms with Gasteiger partial charge in [0.15, 0.2) is 10.8 Å². The Morgan fingerprint density at radius 1 is 1.52 bits per heavy atom. The van der Waals surface area contributed by atoms with Crippen molar-refractivity contribution < 1.29 is 32.1 Å². The van der Waals surface area contributed by atoms with Crippen LogP contribution in [0.3, 0.4) is 0 Å². The van der Waals surface area contributed by atoms with Gasteiger partial charge in [0, 0.05) is 5.38 Å². The number of nitrogens with zero attached hydrogens (tertiary/aromatic N) is 2. The Bertz CT molecular complexity index is 750. The van der Waals surface area contributed by atoms with E-state index >= 15 is 0 Å². The van der Waals surface area contributed by atoms with E-state index in [4.69, 9.17) is 14.1 Å². The lowest BCUT2D eigenvalue weighted by molar-refractivity contribution is -0.157. The number of hydrogen-bond acceptors (Lipinski definition) is 9. The van der Waals surface area contributed by atoms with Crippen molar-refractivity contribution in [2.24, 2.45) is 5.16 Å². The van der Waals surface area contributed by atoms with Gasteiger partial charge in [0.1, 0.15) is 17.4 Å². The molecular weight excluding hydrogens is 374 g/mol. The largest absolute Gasteiger partial charge is 0.460 e. The topological polar surface area (TPSA) is 144 Å². The first-order valence-electron chi connectivity index (χ1n) is 6.94. The highest BCUT2D eigenvalue weighted by Gasteiger charge is 2.20. The van der Waals surface area contributed by atoms with Crippen LogP contribution in [0, 0.1) is 0 Å². The fraction of sp³-hybridized carbons (Fsp3) is 0.538. The van der Waals surface area contributed by atoms with Gasteiger partial charge in [-0.2, -0.15) is 8.42 Å². The SMILES string of the molecule is CC(CC(=O)OC(C)(C)C)ON=C([C]=O)c1csc(NS(=O)(=O)O)n1. The maximum absolute atomic E-state index is 11.7. The lowest BCUT2D eigenvalue weighted by Gasteiger charge is -2.20. The first kappa shape index (κ1) is 21.0. The molecule has 0 spiro atoms. The molecule has 1 radical (unpaired) electrons. The Morgan fingerprint density at radius 3 is 2.68 bits per heavy atom. The summed E-state index contributed by atoms with van der Waals surface area (Å²) in [5.74, 6) is -0.486. The molecule has 1 atom stereocenters. The molecular formula is C13H18N3O7S2. The standard InChI is InChI=1S/C13H18N3O7S2/c1-8(5-11(18)22-13(2,3)4)23-15-9(6-17)10-7-24-12(14-10)16-25(19,20)21/h7-8H,5H2,1-4H3,(H,14,16)(H,19,20,21). The summed E-state index contributed by atoms with van der Waals surface area (Å²) < 4.78 is 36.9. The van der Waals surface area contributed by atoms with E-state index in [1.54, 1.807) is 32.4 Å². The minimum absolute atomic E-state index is 0.00406. The van der Waals surface area contributed by atoms with Gasteiger partial charge >= 0.3 is 16.3 Å². The van der Waals surface area contributed by atoms with Gasteiger partial charge in [0.2, 0.25) is 0 Å². The van der Waals surface area contributed by atoms with E-state index in [1.807, 2.05) is 0 Å². The van der Waals surface area contributed by atoms with Crippen molar-refractivity contribution in [2.45, 2.75) is 45.8 Å². The Hall–Kier alpha value is -2.05. The molecule has 0 aliphatic heterocycles. The lowest BCUT2D eigenvalue weighted by atomic mass is 10.2. The van der Waals surface area contributed by atoms with Crippen LogP contribution in [0.25, 0.3) is 0 Å². The number of oxime groups is 1. The summed E-state index contributed by atoms with van der Waals surface area (Å²) in [7, 11) is -4.47. The van der Waals surface area contributed by atoms with E-state index in [9.17, 15) is 18.0 Å². The number of carbonyl (C=O) groups excluding carboxylic acids is 2. The minimum atomic E-state index is -4.47.